The molecule has 0 saturated carbocycles. The number of rotatable bonds is 9. The summed E-state index contributed by atoms with van der Waals surface area (Å²) in [6, 6.07) is 17.6. The van der Waals surface area contributed by atoms with E-state index < -0.39 is 5.97 Å². The van der Waals surface area contributed by atoms with Crippen LogP contribution >= 0.6 is 11.8 Å². The lowest BCUT2D eigenvalue weighted by Gasteiger charge is -2.26. The van der Waals surface area contributed by atoms with E-state index in [1.165, 1.54) is 0 Å². The Morgan fingerprint density at radius 2 is 1.43 bits per heavy atom. The first kappa shape index (κ1) is 21.9. The summed E-state index contributed by atoms with van der Waals surface area (Å²) in [7, 11) is 0. The molecule has 158 valence electrons. The van der Waals surface area contributed by atoms with Crippen LogP contribution in [0.5, 0.6) is 0 Å². The van der Waals surface area contributed by atoms with Crippen LogP contribution in [0.3, 0.4) is 0 Å². The average molecular weight is 427 g/mol. The van der Waals surface area contributed by atoms with E-state index in [4.69, 9.17) is 5.11 Å². The van der Waals surface area contributed by atoms with Gasteiger partial charge in [0.2, 0.25) is 0 Å². The SMILES string of the molecule is O=C(O)CCCC[C@H]1SC[C@H](NC(=O)c2ccccc2)[C@H]1NC(=O)c1ccccc1. The van der Waals surface area contributed by atoms with Crippen LogP contribution in [-0.2, 0) is 4.79 Å². The quantitative estimate of drug-likeness (QED) is 0.535. The van der Waals surface area contributed by atoms with E-state index in [1.807, 2.05) is 36.4 Å². The van der Waals surface area contributed by atoms with Crippen molar-refractivity contribution in [2.24, 2.45) is 0 Å². The number of benzene rings is 2. The molecule has 1 aliphatic heterocycles. The molecule has 2 amide bonds. The monoisotopic (exact) mass is 426 g/mol. The Hall–Kier alpha value is -2.80. The number of carboxylic acid groups (broad SMARTS) is 1. The number of aliphatic carboxylic acids is 1. The summed E-state index contributed by atoms with van der Waals surface area (Å²) in [5, 5.41) is 15.1. The maximum absolute atomic E-state index is 12.8. The average Bonchev–Trinajstić information content (AvgIpc) is 3.13. The molecule has 0 bridgehead atoms. The van der Waals surface area contributed by atoms with Gasteiger partial charge < -0.3 is 15.7 Å². The molecule has 30 heavy (non-hydrogen) atoms. The summed E-state index contributed by atoms with van der Waals surface area (Å²) in [5.74, 6) is -0.428. The lowest BCUT2D eigenvalue weighted by atomic mass is 10.00. The number of unbranched alkanes of at least 4 members (excludes halogenated alkanes) is 1. The largest absolute Gasteiger partial charge is 0.481 e. The van der Waals surface area contributed by atoms with Gasteiger partial charge in [-0.2, -0.15) is 11.8 Å². The van der Waals surface area contributed by atoms with Crippen LogP contribution in [0, 0.1) is 0 Å². The highest BCUT2D eigenvalue weighted by molar-refractivity contribution is 8.00. The predicted molar refractivity (Wildman–Crippen MR) is 118 cm³/mol. The van der Waals surface area contributed by atoms with Crippen LogP contribution in [-0.4, -0.2) is 46.0 Å². The van der Waals surface area contributed by atoms with Crippen LogP contribution in [0.1, 0.15) is 46.4 Å². The molecule has 1 heterocycles. The molecule has 7 heteroatoms. The van der Waals surface area contributed by atoms with Crippen LogP contribution in [0.2, 0.25) is 0 Å². The van der Waals surface area contributed by atoms with Gasteiger partial charge in [0.25, 0.3) is 11.8 Å². The smallest absolute Gasteiger partial charge is 0.303 e. The molecule has 0 radical (unpaired) electrons. The van der Waals surface area contributed by atoms with Crippen LogP contribution < -0.4 is 10.6 Å². The highest BCUT2D eigenvalue weighted by atomic mass is 32.2. The molecular weight excluding hydrogens is 400 g/mol. The number of carbonyl (C=O) groups excluding carboxylic acids is 2. The van der Waals surface area contributed by atoms with Gasteiger partial charge in [0, 0.05) is 28.6 Å². The Morgan fingerprint density at radius 3 is 2.00 bits per heavy atom. The van der Waals surface area contributed by atoms with E-state index in [0.717, 1.165) is 12.8 Å². The van der Waals surface area contributed by atoms with E-state index >= 15 is 0 Å². The fraction of sp³-hybridized carbons (Fsp3) is 0.348. The van der Waals surface area contributed by atoms with Gasteiger partial charge in [-0.05, 0) is 37.1 Å². The number of thioether (sulfide) groups is 1. The molecule has 3 N–H and O–H groups in total. The zero-order chi connectivity index (χ0) is 21.3. The topological polar surface area (TPSA) is 95.5 Å². The second kappa shape index (κ2) is 10.8. The summed E-state index contributed by atoms with van der Waals surface area (Å²) in [6.07, 6.45) is 2.30. The second-order valence-corrected chi connectivity index (χ2v) is 8.59. The van der Waals surface area contributed by atoms with E-state index in [-0.39, 0.29) is 35.6 Å². The molecular formula is C23H26N2O4S. The fourth-order valence-electron chi connectivity index (χ4n) is 3.57. The molecule has 1 fully saturated rings. The van der Waals surface area contributed by atoms with Crippen molar-refractivity contribution in [2.45, 2.75) is 43.0 Å². The Kier molecular flexibility index (Phi) is 7.90. The molecule has 0 spiro atoms. The molecule has 0 aliphatic carbocycles. The highest BCUT2D eigenvalue weighted by Crippen LogP contribution is 2.32. The molecule has 1 aliphatic rings. The van der Waals surface area contributed by atoms with Gasteiger partial charge in [0.05, 0.1) is 12.1 Å². The third-order valence-electron chi connectivity index (χ3n) is 5.14. The van der Waals surface area contributed by atoms with Crippen LogP contribution in [0.15, 0.2) is 60.7 Å². The summed E-state index contributed by atoms with van der Waals surface area (Å²) < 4.78 is 0. The van der Waals surface area contributed by atoms with Crippen LogP contribution in [0.25, 0.3) is 0 Å². The molecule has 1 saturated heterocycles. The molecule has 2 aromatic rings. The van der Waals surface area contributed by atoms with Gasteiger partial charge in [0.1, 0.15) is 0 Å². The zero-order valence-electron chi connectivity index (χ0n) is 16.6. The van der Waals surface area contributed by atoms with Gasteiger partial charge in [-0.25, -0.2) is 0 Å². The van der Waals surface area contributed by atoms with Crippen molar-refractivity contribution in [3.63, 3.8) is 0 Å². The maximum Gasteiger partial charge on any atom is 0.303 e. The first-order chi connectivity index (χ1) is 14.5. The highest BCUT2D eigenvalue weighted by Gasteiger charge is 2.38. The lowest BCUT2D eigenvalue weighted by Crippen LogP contribution is -2.53. The van der Waals surface area contributed by atoms with Crippen molar-refractivity contribution in [1.82, 2.24) is 10.6 Å². The van der Waals surface area contributed by atoms with Crippen molar-refractivity contribution < 1.29 is 19.5 Å². The summed E-state index contributed by atoms with van der Waals surface area (Å²) in [5.41, 5.74) is 1.16. The fourth-order valence-corrected chi connectivity index (χ4v) is 5.11. The third-order valence-corrected chi connectivity index (χ3v) is 6.65. The van der Waals surface area contributed by atoms with Crippen molar-refractivity contribution in [2.75, 3.05) is 5.75 Å². The van der Waals surface area contributed by atoms with Gasteiger partial charge in [-0.1, -0.05) is 42.8 Å². The molecule has 2 aromatic carbocycles. The Balaban J connectivity index is 1.67. The van der Waals surface area contributed by atoms with E-state index in [0.29, 0.717) is 23.3 Å². The van der Waals surface area contributed by atoms with E-state index in [1.54, 1.807) is 36.0 Å². The number of nitrogens with one attached hydrogen (secondary N) is 2. The minimum Gasteiger partial charge on any atom is -0.481 e. The number of amides is 2. The van der Waals surface area contributed by atoms with Gasteiger partial charge in [0.15, 0.2) is 0 Å². The molecule has 0 unspecified atom stereocenters. The molecule has 6 nitrogen and oxygen atoms in total. The number of carbonyl (C=O) groups is 3. The standard InChI is InChI=1S/C23H26N2O4S/c26-20(27)14-8-7-13-19-21(25-23(29)17-11-5-2-6-12-17)18(15-30-19)24-22(28)16-9-3-1-4-10-16/h1-6,9-12,18-19,21H,7-8,13-15H2,(H,24,28)(H,25,29)(H,26,27)/t18-,19+,21+/m0/s1. The first-order valence-electron chi connectivity index (χ1n) is 10.1. The summed E-state index contributed by atoms with van der Waals surface area (Å²) >= 11 is 1.71. The summed E-state index contributed by atoms with van der Waals surface area (Å²) in [6.45, 7) is 0. The number of hydrogen-bond acceptors (Lipinski definition) is 4. The van der Waals surface area contributed by atoms with Gasteiger partial charge >= 0.3 is 5.97 Å². The molecule has 3 rings (SSSR count). The van der Waals surface area contributed by atoms with E-state index in [9.17, 15) is 14.4 Å². The van der Waals surface area contributed by atoms with E-state index in [2.05, 4.69) is 10.6 Å². The van der Waals surface area contributed by atoms with Crippen molar-refractivity contribution in [3.8, 4) is 0 Å². The zero-order valence-corrected chi connectivity index (χ0v) is 17.4. The number of carboxylic acids is 1. The predicted octanol–water partition coefficient (Wildman–Crippen LogP) is 3.34. The Bertz CT molecular complexity index is 860. The maximum atomic E-state index is 12.8. The van der Waals surface area contributed by atoms with Crippen molar-refractivity contribution in [1.29, 1.82) is 0 Å². The normalized spacial score (nSPS) is 20.5. The second-order valence-electron chi connectivity index (χ2n) is 7.32. The lowest BCUT2D eigenvalue weighted by molar-refractivity contribution is -0.137. The van der Waals surface area contributed by atoms with Crippen molar-refractivity contribution in [3.05, 3.63) is 71.8 Å². The third kappa shape index (κ3) is 6.10. The van der Waals surface area contributed by atoms with Gasteiger partial charge in [-0.3, -0.25) is 14.4 Å². The Morgan fingerprint density at radius 1 is 0.867 bits per heavy atom. The summed E-state index contributed by atoms with van der Waals surface area (Å²) in [4.78, 5) is 36.2. The minimum absolute atomic E-state index is 0.118. The molecule has 0 aromatic heterocycles. The minimum atomic E-state index is -0.795. The molecule has 3 atom stereocenters. The van der Waals surface area contributed by atoms with Gasteiger partial charge in [-0.15, -0.1) is 0 Å². The van der Waals surface area contributed by atoms with Crippen LogP contribution in [0.4, 0.5) is 0 Å². The first-order valence-corrected chi connectivity index (χ1v) is 11.1. The Labute approximate surface area is 180 Å². The van der Waals surface area contributed by atoms with Crippen molar-refractivity contribution >= 4 is 29.5 Å². The number of hydrogen-bond donors (Lipinski definition) is 3.